The number of unbranched alkanes of at least 4 members (excludes halogenated alkanes) is 1. The van der Waals surface area contributed by atoms with E-state index in [1.54, 1.807) is 0 Å². The van der Waals surface area contributed by atoms with Crippen LogP contribution in [0.15, 0.2) is 0 Å². The highest BCUT2D eigenvalue weighted by Crippen LogP contribution is 2.18. The van der Waals surface area contributed by atoms with Crippen molar-refractivity contribution in [1.82, 2.24) is 0 Å². The van der Waals surface area contributed by atoms with Gasteiger partial charge in [0.2, 0.25) is 0 Å². The van der Waals surface area contributed by atoms with Crippen molar-refractivity contribution in [3.63, 3.8) is 0 Å². The molecule has 122 valence electrons. The van der Waals surface area contributed by atoms with Gasteiger partial charge in [0.25, 0.3) is 0 Å². The van der Waals surface area contributed by atoms with Crippen molar-refractivity contribution >= 4 is 24.2 Å². The Balaban J connectivity index is 2.19. The smallest absolute Gasteiger partial charge is 0.199 e. The Labute approximate surface area is 139 Å². The third-order valence-corrected chi connectivity index (χ3v) is 8.89. The second kappa shape index (κ2) is 9.31. The lowest BCUT2D eigenvalue weighted by molar-refractivity contribution is -0.162. The van der Waals surface area contributed by atoms with Crippen molar-refractivity contribution in [3.8, 4) is 11.8 Å². The van der Waals surface area contributed by atoms with E-state index >= 15 is 0 Å². The summed E-state index contributed by atoms with van der Waals surface area (Å²) in [7, 11) is -1.64. The summed E-state index contributed by atoms with van der Waals surface area (Å²) in [6.07, 6.45) is 5.20. The van der Waals surface area contributed by atoms with Gasteiger partial charge >= 0.3 is 0 Å². The van der Waals surface area contributed by atoms with E-state index in [9.17, 15) is 0 Å². The second-order valence-electron chi connectivity index (χ2n) is 6.58. The Morgan fingerprint density at radius 3 is 2.71 bits per heavy atom. The largest absolute Gasteiger partial charge is 0.401 e. The van der Waals surface area contributed by atoms with E-state index in [1.165, 1.54) is 6.42 Å². The number of alkyl halides is 1. The molecule has 0 aromatic heterocycles. The van der Waals surface area contributed by atoms with Crippen LogP contribution in [-0.4, -0.2) is 38.4 Å². The van der Waals surface area contributed by atoms with Gasteiger partial charge in [-0.2, -0.15) is 0 Å². The normalized spacial score (nSPS) is 20.0. The molecule has 0 N–H and O–H groups in total. The van der Waals surface area contributed by atoms with Crippen LogP contribution in [0.5, 0.6) is 0 Å². The van der Waals surface area contributed by atoms with Gasteiger partial charge in [-0.3, -0.25) is 0 Å². The zero-order valence-corrected chi connectivity index (χ0v) is 16.4. The van der Waals surface area contributed by atoms with Gasteiger partial charge in [-0.05, 0) is 52.6 Å². The molecule has 1 fully saturated rings. The first-order valence-corrected chi connectivity index (χ1v) is 12.1. The van der Waals surface area contributed by atoms with Crippen LogP contribution in [0.2, 0.25) is 13.1 Å². The van der Waals surface area contributed by atoms with Gasteiger partial charge in [0.1, 0.15) is 5.60 Å². The molecule has 1 aliphatic rings. The summed E-state index contributed by atoms with van der Waals surface area (Å²) in [5, 5.41) is 0. The molecule has 1 atom stereocenters. The molecule has 1 heterocycles. The minimum atomic E-state index is -1.64. The molecule has 0 amide bonds. The van der Waals surface area contributed by atoms with Crippen molar-refractivity contribution in [1.29, 1.82) is 0 Å². The number of halogens is 1. The maximum atomic E-state index is 6.14. The number of rotatable bonds is 7. The van der Waals surface area contributed by atoms with Crippen LogP contribution in [0.1, 0.15) is 46.0 Å². The van der Waals surface area contributed by atoms with Crippen molar-refractivity contribution in [2.45, 2.75) is 70.9 Å². The van der Waals surface area contributed by atoms with Gasteiger partial charge in [-0.1, -0.05) is 21.9 Å². The van der Waals surface area contributed by atoms with Crippen LogP contribution in [0.3, 0.4) is 0 Å². The molecule has 1 rings (SSSR count). The molecule has 1 saturated heterocycles. The molecule has 1 aliphatic heterocycles. The quantitative estimate of drug-likeness (QED) is 0.287. The molecule has 0 aromatic carbocycles. The van der Waals surface area contributed by atoms with E-state index in [-0.39, 0.29) is 11.9 Å². The first kappa shape index (κ1) is 19.2. The van der Waals surface area contributed by atoms with Gasteiger partial charge in [-0.25, -0.2) is 0 Å². The SMILES string of the molecule is CC(C)(C#CCCCOC1CCCCO1)O[Si](C)(C)CBr. The molecule has 0 aliphatic carbocycles. The van der Waals surface area contributed by atoms with Gasteiger partial charge in [0, 0.05) is 18.0 Å². The first-order chi connectivity index (χ1) is 9.85. The molecule has 3 nitrogen and oxygen atoms in total. The number of hydrogen-bond acceptors (Lipinski definition) is 3. The van der Waals surface area contributed by atoms with Crippen LogP contribution >= 0.6 is 15.9 Å². The zero-order chi connectivity index (χ0) is 15.8. The van der Waals surface area contributed by atoms with Crippen molar-refractivity contribution < 1.29 is 13.9 Å². The highest BCUT2D eigenvalue weighted by Gasteiger charge is 2.29. The van der Waals surface area contributed by atoms with Crippen molar-refractivity contribution in [3.05, 3.63) is 0 Å². The van der Waals surface area contributed by atoms with Crippen LogP contribution in [-0.2, 0) is 13.9 Å². The summed E-state index contributed by atoms with van der Waals surface area (Å²) in [6.45, 7) is 10.0. The van der Waals surface area contributed by atoms with Crippen LogP contribution < -0.4 is 0 Å². The maximum Gasteiger partial charge on any atom is 0.199 e. The van der Waals surface area contributed by atoms with E-state index in [0.29, 0.717) is 0 Å². The van der Waals surface area contributed by atoms with E-state index in [1.807, 2.05) is 13.8 Å². The zero-order valence-electron chi connectivity index (χ0n) is 13.8. The molecule has 21 heavy (non-hydrogen) atoms. The third kappa shape index (κ3) is 8.99. The Kier molecular flexibility index (Phi) is 8.51. The average molecular weight is 377 g/mol. The molecule has 0 spiro atoms. The van der Waals surface area contributed by atoms with E-state index in [2.05, 4.69) is 40.9 Å². The van der Waals surface area contributed by atoms with Gasteiger partial charge in [0.15, 0.2) is 14.6 Å². The van der Waals surface area contributed by atoms with Crippen LogP contribution in [0.25, 0.3) is 0 Å². The Morgan fingerprint density at radius 1 is 1.33 bits per heavy atom. The summed E-state index contributed by atoms with van der Waals surface area (Å²) in [5.41, 5.74) is -0.364. The van der Waals surface area contributed by atoms with Crippen molar-refractivity contribution in [2.24, 2.45) is 0 Å². The minimum Gasteiger partial charge on any atom is -0.401 e. The fourth-order valence-corrected chi connectivity index (χ4v) is 4.07. The molecule has 5 heteroatoms. The number of ether oxygens (including phenoxy) is 2. The fraction of sp³-hybridized carbons (Fsp3) is 0.875. The first-order valence-electron chi connectivity index (χ1n) is 7.84. The maximum absolute atomic E-state index is 6.14. The lowest BCUT2D eigenvalue weighted by atomic mass is 10.1. The van der Waals surface area contributed by atoms with Crippen LogP contribution in [0.4, 0.5) is 0 Å². The summed E-state index contributed by atoms with van der Waals surface area (Å²) < 4.78 is 17.4. The fourth-order valence-electron chi connectivity index (χ4n) is 2.24. The summed E-state index contributed by atoms with van der Waals surface area (Å²) in [6, 6.07) is 0. The molecule has 0 aromatic rings. The molecular formula is C16H29BrO3Si. The van der Waals surface area contributed by atoms with Gasteiger partial charge < -0.3 is 13.9 Å². The van der Waals surface area contributed by atoms with Gasteiger partial charge in [0.05, 0.1) is 6.61 Å². The Morgan fingerprint density at radius 2 is 2.10 bits per heavy atom. The summed E-state index contributed by atoms with van der Waals surface area (Å²) >= 11 is 3.52. The predicted octanol–water partition coefficient (Wildman–Crippen LogP) is 4.25. The molecule has 0 bridgehead atoms. The topological polar surface area (TPSA) is 27.7 Å². The second-order valence-corrected chi connectivity index (χ2v) is 12.3. The van der Waals surface area contributed by atoms with E-state index < -0.39 is 8.32 Å². The summed E-state index contributed by atoms with van der Waals surface area (Å²) in [5.74, 6) is 6.46. The average Bonchev–Trinajstić information content (AvgIpc) is 2.42. The standard InChI is InChI=1S/C16H29BrO3Si/c1-16(2,20-21(3,4)14-17)11-7-5-8-12-18-15-10-6-9-13-19-15/h15H,5-6,8-10,12-14H2,1-4H3. The minimum absolute atomic E-state index is 0.0113. The lowest BCUT2D eigenvalue weighted by Crippen LogP contribution is -2.41. The van der Waals surface area contributed by atoms with Crippen molar-refractivity contribution in [2.75, 3.05) is 18.2 Å². The van der Waals surface area contributed by atoms with Gasteiger partial charge in [-0.15, -0.1) is 5.92 Å². The monoisotopic (exact) mass is 376 g/mol. The molecule has 0 saturated carbocycles. The summed E-state index contributed by atoms with van der Waals surface area (Å²) in [4.78, 5) is 0.931. The van der Waals surface area contributed by atoms with Crippen LogP contribution in [0, 0.1) is 11.8 Å². The molecular weight excluding hydrogens is 348 g/mol. The molecule has 0 radical (unpaired) electrons. The third-order valence-electron chi connectivity index (χ3n) is 3.13. The Bertz CT molecular complexity index is 354. The highest BCUT2D eigenvalue weighted by atomic mass is 79.9. The van der Waals surface area contributed by atoms with E-state index in [0.717, 1.165) is 43.9 Å². The lowest BCUT2D eigenvalue weighted by Gasteiger charge is -2.30. The highest BCUT2D eigenvalue weighted by molar-refractivity contribution is 9.09. The Hall–Kier alpha value is 0.137. The van der Waals surface area contributed by atoms with E-state index in [4.69, 9.17) is 13.9 Å². The predicted molar refractivity (Wildman–Crippen MR) is 93.0 cm³/mol. The number of hydrogen-bond donors (Lipinski definition) is 0. The molecule has 1 unspecified atom stereocenters.